The number of esters is 1. The molecule has 2 saturated heterocycles. The molecule has 2 atom stereocenters. The van der Waals surface area contributed by atoms with Gasteiger partial charge in [0.2, 0.25) is 17.7 Å². The van der Waals surface area contributed by atoms with Crippen LogP contribution in [0.5, 0.6) is 0 Å². The molecule has 4 rings (SSSR count). The standard InChI is InChI=1S/C29H33FN6O8.ClH/c1-44-26(40)17-23-29(43)35(18-25(38)39)14-15-36(23)28(42)22(32-27(41)19-2-4-20(30)5-3-19)16-24(37)34-12-10-33(11-13-34)21-6-8-31-9-7-21;/h2-9,22-23H,10-18H2,1H3,(H,32,41)(H,38,39);1H/t22?,23-;/m0./s1. The van der Waals surface area contributed by atoms with Crippen molar-refractivity contribution in [2.45, 2.75) is 24.9 Å². The van der Waals surface area contributed by atoms with E-state index < -0.39 is 72.9 Å². The minimum absolute atomic E-state index is 0. The van der Waals surface area contributed by atoms with Crippen molar-refractivity contribution in [1.29, 1.82) is 0 Å². The number of carbonyl (C=O) groups is 6. The molecule has 0 radical (unpaired) electrons. The van der Waals surface area contributed by atoms with E-state index in [1.807, 2.05) is 12.1 Å². The number of nitrogens with zero attached hydrogens (tertiary/aromatic N) is 5. The molecule has 14 nitrogen and oxygen atoms in total. The molecule has 3 heterocycles. The van der Waals surface area contributed by atoms with Crippen molar-refractivity contribution in [3.8, 4) is 0 Å². The van der Waals surface area contributed by atoms with Gasteiger partial charge in [0, 0.05) is 62.9 Å². The van der Waals surface area contributed by atoms with Gasteiger partial charge in [-0.05, 0) is 36.4 Å². The number of nitrogens with one attached hydrogen (secondary N) is 1. The van der Waals surface area contributed by atoms with Crippen molar-refractivity contribution >= 4 is 53.7 Å². The summed E-state index contributed by atoms with van der Waals surface area (Å²) in [6.07, 6.45) is 2.34. The number of pyridine rings is 1. The number of carbonyl (C=O) groups excluding carboxylic acids is 5. The average molecular weight is 649 g/mol. The van der Waals surface area contributed by atoms with Crippen molar-refractivity contribution in [3.63, 3.8) is 0 Å². The zero-order valence-corrected chi connectivity index (χ0v) is 25.3. The number of piperazine rings is 2. The van der Waals surface area contributed by atoms with Gasteiger partial charge in [-0.2, -0.15) is 0 Å². The molecule has 1 aromatic carbocycles. The van der Waals surface area contributed by atoms with Gasteiger partial charge in [-0.3, -0.25) is 33.8 Å². The Kier molecular flexibility index (Phi) is 12.2. The number of amides is 4. The maximum Gasteiger partial charge on any atom is 0.323 e. The number of hydrogen-bond donors (Lipinski definition) is 2. The SMILES string of the molecule is COC(=O)C[C@H]1C(=O)N(CC(=O)O)CCN1C(=O)C(CC(=O)N1CCN(c2ccncc2)CC1)NC(=O)c1ccc(F)cc1.Cl. The number of carboxylic acids is 1. The molecule has 4 amide bonds. The summed E-state index contributed by atoms with van der Waals surface area (Å²) in [6, 6.07) is 5.46. The van der Waals surface area contributed by atoms with E-state index in [0.29, 0.717) is 26.2 Å². The van der Waals surface area contributed by atoms with Crippen LogP contribution in [-0.4, -0.2) is 125 Å². The first-order valence-corrected chi connectivity index (χ1v) is 13.9. The highest BCUT2D eigenvalue weighted by molar-refractivity contribution is 6.01. The number of methoxy groups -OCH3 is 1. The molecule has 45 heavy (non-hydrogen) atoms. The number of ether oxygens (including phenoxy) is 1. The van der Waals surface area contributed by atoms with E-state index in [2.05, 4.69) is 15.2 Å². The van der Waals surface area contributed by atoms with E-state index in [1.165, 1.54) is 12.1 Å². The fourth-order valence-corrected chi connectivity index (χ4v) is 5.18. The van der Waals surface area contributed by atoms with Crippen LogP contribution >= 0.6 is 12.4 Å². The van der Waals surface area contributed by atoms with E-state index in [1.54, 1.807) is 17.3 Å². The summed E-state index contributed by atoms with van der Waals surface area (Å²) in [4.78, 5) is 86.9. The van der Waals surface area contributed by atoms with Crippen molar-refractivity contribution in [3.05, 3.63) is 60.2 Å². The highest BCUT2D eigenvalue weighted by atomic mass is 35.5. The molecule has 2 aliphatic heterocycles. The molecular weight excluding hydrogens is 615 g/mol. The highest BCUT2D eigenvalue weighted by Gasteiger charge is 2.42. The lowest BCUT2D eigenvalue weighted by molar-refractivity contribution is -0.159. The molecule has 2 aliphatic rings. The van der Waals surface area contributed by atoms with Crippen LogP contribution in [0.2, 0.25) is 0 Å². The first kappa shape index (κ1) is 34.7. The number of anilines is 1. The third-order valence-corrected chi connectivity index (χ3v) is 7.53. The number of carboxylic acid groups (broad SMARTS) is 1. The molecule has 0 spiro atoms. The van der Waals surface area contributed by atoms with Crippen molar-refractivity contribution < 1.29 is 43.0 Å². The first-order valence-electron chi connectivity index (χ1n) is 13.9. The Morgan fingerprint density at radius 3 is 2.24 bits per heavy atom. The smallest absolute Gasteiger partial charge is 0.323 e. The van der Waals surface area contributed by atoms with Gasteiger partial charge >= 0.3 is 11.9 Å². The van der Waals surface area contributed by atoms with E-state index in [-0.39, 0.29) is 31.1 Å². The number of rotatable bonds is 10. The van der Waals surface area contributed by atoms with Crippen LogP contribution in [0.15, 0.2) is 48.8 Å². The Balaban J connectivity index is 0.00000552. The predicted molar refractivity (Wildman–Crippen MR) is 159 cm³/mol. The summed E-state index contributed by atoms with van der Waals surface area (Å²) in [5, 5.41) is 11.8. The Hall–Kier alpha value is -4.79. The summed E-state index contributed by atoms with van der Waals surface area (Å²) >= 11 is 0. The third-order valence-electron chi connectivity index (χ3n) is 7.53. The Bertz CT molecular complexity index is 1390. The van der Waals surface area contributed by atoms with E-state index >= 15 is 0 Å². The second-order valence-corrected chi connectivity index (χ2v) is 10.3. The largest absolute Gasteiger partial charge is 0.480 e. The van der Waals surface area contributed by atoms with E-state index in [0.717, 1.165) is 34.7 Å². The van der Waals surface area contributed by atoms with Crippen LogP contribution in [-0.2, 0) is 28.7 Å². The quantitative estimate of drug-likeness (QED) is 0.339. The molecule has 2 aromatic rings. The fraction of sp³-hybridized carbons (Fsp3) is 0.414. The van der Waals surface area contributed by atoms with Crippen LogP contribution < -0.4 is 10.2 Å². The van der Waals surface area contributed by atoms with E-state index in [9.17, 15) is 38.3 Å². The maximum absolute atomic E-state index is 14.0. The summed E-state index contributed by atoms with van der Waals surface area (Å²) in [5.74, 6) is -5.40. The third kappa shape index (κ3) is 8.88. The normalized spacial score (nSPS) is 17.2. The lowest BCUT2D eigenvalue weighted by Gasteiger charge is -2.41. The number of halogens is 2. The molecule has 1 unspecified atom stereocenters. The minimum atomic E-state index is -1.45. The van der Waals surface area contributed by atoms with Crippen LogP contribution in [0, 0.1) is 5.82 Å². The molecule has 2 fully saturated rings. The molecule has 1 aromatic heterocycles. The van der Waals surface area contributed by atoms with Crippen LogP contribution in [0.1, 0.15) is 23.2 Å². The number of benzene rings is 1. The van der Waals surface area contributed by atoms with Gasteiger partial charge < -0.3 is 34.8 Å². The van der Waals surface area contributed by atoms with Gasteiger partial charge in [0.25, 0.3) is 5.91 Å². The summed E-state index contributed by atoms with van der Waals surface area (Å²) in [6.45, 7) is 0.832. The lowest BCUT2D eigenvalue weighted by atomic mass is 10.0. The van der Waals surface area contributed by atoms with Crippen LogP contribution in [0.4, 0.5) is 10.1 Å². The molecule has 0 aliphatic carbocycles. The zero-order chi connectivity index (χ0) is 31.8. The predicted octanol–water partition coefficient (Wildman–Crippen LogP) is 0.167. The van der Waals surface area contributed by atoms with Gasteiger partial charge in [0.1, 0.15) is 24.4 Å². The Labute approximate surface area is 264 Å². The monoisotopic (exact) mass is 648 g/mol. The second-order valence-electron chi connectivity index (χ2n) is 10.3. The molecule has 2 N–H and O–H groups in total. The zero-order valence-electron chi connectivity index (χ0n) is 24.5. The maximum atomic E-state index is 14.0. The van der Waals surface area contributed by atoms with Crippen molar-refractivity contribution in [2.24, 2.45) is 0 Å². The fourth-order valence-electron chi connectivity index (χ4n) is 5.18. The second kappa shape index (κ2) is 15.8. The van der Waals surface area contributed by atoms with E-state index in [4.69, 9.17) is 4.74 Å². The molecular formula is C29H34ClFN6O8. The molecule has 0 bridgehead atoms. The van der Waals surface area contributed by atoms with Crippen molar-refractivity contribution in [2.75, 3.05) is 57.8 Å². The van der Waals surface area contributed by atoms with Crippen LogP contribution in [0.3, 0.4) is 0 Å². The number of aromatic nitrogens is 1. The number of hydrogen-bond acceptors (Lipinski definition) is 9. The van der Waals surface area contributed by atoms with Gasteiger partial charge in [-0.15, -0.1) is 12.4 Å². The van der Waals surface area contributed by atoms with Gasteiger partial charge in [-0.25, -0.2) is 4.39 Å². The Morgan fingerprint density at radius 2 is 1.64 bits per heavy atom. The van der Waals surface area contributed by atoms with Gasteiger partial charge in [0.15, 0.2) is 0 Å². The molecule has 0 saturated carbocycles. The lowest BCUT2D eigenvalue weighted by Crippen LogP contribution is -2.63. The summed E-state index contributed by atoms with van der Waals surface area (Å²) in [5.41, 5.74) is 0.992. The minimum Gasteiger partial charge on any atom is -0.480 e. The van der Waals surface area contributed by atoms with Gasteiger partial charge in [-0.1, -0.05) is 0 Å². The number of aliphatic carboxylic acids is 1. The topological polar surface area (TPSA) is 170 Å². The summed E-state index contributed by atoms with van der Waals surface area (Å²) in [7, 11) is 1.11. The molecule has 242 valence electrons. The Morgan fingerprint density at radius 1 is 1.00 bits per heavy atom. The van der Waals surface area contributed by atoms with Crippen LogP contribution in [0.25, 0.3) is 0 Å². The summed E-state index contributed by atoms with van der Waals surface area (Å²) < 4.78 is 18.2. The highest BCUT2D eigenvalue weighted by Crippen LogP contribution is 2.20. The molecule has 16 heteroatoms. The van der Waals surface area contributed by atoms with Crippen molar-refractivity contribution in [1.82, 2.24) is 25.0 Å². The average Bonchev–Trinajstić information content (AvgIpc) is 3.02. The first-order chi connectivity index (χ1) is 21.1. The van der Waals surface area contributed by atoms with Gasteiger partial charge in [0.05, 0.1) is 20.0 Å².